The molecule has 0 bridgehead atoms. The van der Waals surface area contributed by atoms with E-state index >= 15 is 9.59 Å². The predicted molar refractivity (Wildman–Crippen MR) is 323 cm³/mol. The fraction of sp³-hybridized carbons (Fsp3) is 0.477. The Balaban J connectivity index is 1.07. The van der Waals surface area contributed by atoms with Crippen LogP contribution >= 0.6 is 0 Å². The molecule has 5 aromatic carbocycles. The maximum atomic E-state index is 16.3. The first kappa shape index (κ1) is 59.5. The lowest BCUT2D eigenvalue weighted by molar-refractivity contribution is -0.150. The number of amides is 4. The summed E-state index contributed by atoms with van der Waals surface area (Å²) < 4.78 is 25.0. The van der Waals surface area contributed by atoms with E-state index in [9.17, 15) is 24.9 Å². The first-order valence-corrected chi connectivity index (χ1v) is 32.9. The van der Waals surface area contributed by atoms with E-state index in [1.165, 1.54) is 0 Å². The highest BCUT2D eigenvalue weighted by molar-refractivity contribution is 6.91. The Morgan fingerprint density at radius 3 is 1.82 bits per heavy atom. The van der Waals surface area contributed by atoms with Gasteiger partial charge in [0.1, 0.15) is 17.2 Å². The van der Waals surface area contributed by atoms with Gasteiger partial charge in [-0.05, 0) is 179 Å². The molecule has 83 heavy (non-hydrogen) atoms. The van der Waals surface area contributed by atoms with Crippen LogP contribution in [-0.4, -0.2) is 136 Å². The Bertz CT molecular complexity index is 3140. The number of carbonyl (C=O) groups excluding carboxylic acids is 4. The van der Waals surface area contributed by atoms with E-state index < -0.39 is 37.8 Å². The zero-order valence-electron chi connectivity index (χ0n) is 48.9. The van der Waals surface area contributed by atoms with Gasteiger partial charge in [0.25, 0.3) is 5.91 Å². The van der Waals surface area contributed by atoms with Gasteiger partial charge in [-0.1, -0.05) is 49.5 Å². The molecule has 0 aliphatic carbocycles. The zero-order chi connectivity index (χ0) is 58.6. The molecule has 5 heterocycles. The molecule has 2 saturated heterocycles. The van der Waals surface area contributed by atoms with Crippen molar-refractivity contribution in [3.05, 3.63) is 125 Å². The monoisotopic (exact) mass is 1150 g/mol. The van der Waals surface area contributed by atoms with Gasteiger partial charge in [-0.25, -0.2) is 0 Å². The molecule has 1 spiro atoms. The lowest BCUT2D eigenvalue weighted by Crippen LogP contribution is -2.52. The number of carbonyl (C=O) groups is 4. The lowest BCUT2D eigenvalue weighted by Gasteiger charge is -2.37. The number of nitrogens with one attached hydrogen (secondary N) is 2. The predicted octanol–water partition coefficient (Wildman–Crippen LogP) is 7.53. The number of unbranched alkanes of at least 4 members (excludes halogenated alkanes) is 2. The highest BCUT2D eigenvalue weighted by Gasteiger charge is 2.67. The molecule has 5 aliphatic rings. The SMILES string of the molecule is CCOc1ccc2c(c1)CC(NCCCCO)C(=O)N2c1ccc(CN2C(=O)[C@@]3(O[C@@H](CC(=O)N4CCC[C@H]4CO)[C@H]([Si](C)(C)c4ccc(OC)cc4)[C@H]3C)c3cc(N4C(=O)C(NCCCCO)Cc5cc(OCC)ccc54)ccc32)cc1. The third-order valence-corrected chi connectivity index (χ3v) is 22.3. The van der Waals surface area contributed by atoms with Gasteiger partial charge in [0.05, 0.1) is 89.3 Å². The van der Waals surface area contributed by atoms with E-state index in [1.807, 2.05) is 105 Å². The molecular weight excluding hydrogens is 1070 g/mol. The standard InChI is InChI=1S/C65H82N6O11Si/c1-7-80-50-22-27-56-44(34-50)36-54(66-29-9-11-32-72)62(76)70(56)46-17-15-43(16-18-46)40-69-58-26-19-47(71-57-28-23-51(81-8-2)35-45(57)37-55(63(71)77)67-30-10-12-33-73)38-53(58)65(64(69)78)42(3)61(83(5,6)52-24-20-49(79-4)21-25-52)59(82-65)39-60(75)68-31-13-14-48(68)41-74/h15-28,34-35,38,42,48,54-55,59,61,66-67,72-74H,7-14,29-33,36-37,39-41H2,1-6H3/t42-,48+,54?,55?,59+,61-,65+/m1/s1. The summed E-state index contributed by atoms with van der Waals surface area (Å²) in [5.41, 5.74) is 4.72. The van der Waals surface area contributed by atoms with Crippen LogP contribution < -0.4 is 44.7 Å². The van der Waals surface area contributed by atoms with Crippen molar-refractivity contribution >= 4 is 65.3 Å². The molecule has 2 fully saturated rings. The van der Waals surface area contributed by atoms with Gasteiger partial charge in [-0.2, -0.15) is 0 Å². The van der Waals surface area contributed by atoms with Gasteiger partial charge in [-0.3, -0.25) is 29.0 Å². The highest BCUT2D eigenvalue weighted by atomic mass is 28.3. The number of nitrogens with zero attached hydrogens (tertiary/aromatic N) is 4. The van der Waals surface area contributed by atoms with E-state index in [0.29, 0.717) is 105 Å². The number of aliphatic hydroxyl groups excluding tert-OH is 3. The van der Waals surface area contributed by atoms with Crippen molar-refractivity contribution in [2.75, 3.05) is 74.5 Å². The van der Waals surface area contributed by atoms with Crippen LogP contribution in [-0.2, 0) is 48.9 Å². The minimum Gasteiger partial charge on any atom is -0.497 e. The number of ether oxygens (including phenoxy) is 4. The molecule has 442 valence electrons. The number of benzene rings is 5. The second kappa shape index (κ2) is 25.7. The van der Waals surface area contributed by atoms with Crippen molar-refractivity contribution < 1.29 is 53.4 Å². The van der Waals surface area contributed by atoms with E-state index in [4.69, 9.17) is 18.9 Å². The summed E-state index contributed by atoms with van der Waals surface area (Å²) in [4.78, 5) is 67.7. The van der Waals surface area contributed by atoms with Crippen LogP contribution in [0.5, 0.6) is 17.2 Å². The number of fused-ring (bicyclic) bond motifs is 4. The molecule has 10 rings (SSSR count). The van der Waals surface area contributed by atoms with Crippen LogP contribution in [0.15, 0.2) is 103 Å². The molecule has 17 nitrogen and oxygen atoms in total. The van der Waals surface area contributed by atoms with Crippen molar-refractivity contribution in [2.24, 2.45) is 5.92 Å². The average molecular weight is 1150 g/mol. The molecule has 7 atom stereocenters. The minimum atomic E-state index is -2.73. The maximum absolute atomic E-state index is 16.3. The molecule has 2 unspecified atom stereocenters. The molecule has 0 aromatic heterocycles. The Morgan fingerprint density at radius 2 is 1.27 bits per heavy atom. The summed E-state index contributed by atoms with van der Waals surface area (Å²) in [5, 5.41) is 37.5. The number of hydrogen-bond acceptors (Lipinski definition) is 13. The number of methoxy groups -OCH3 is 1. The van der Waals surface area contributed by atoms with Crippen LogP contribution in [0.1, 0.15) is 88.0 Å². The smallest absolute Gasteiger partial charge is 0.264 e. The Hall–Kier alpha value is -6.64. The summed E-state index contributed by atoms with van der Waals surface area (Å²) in [7, 11) is -1.09. The van der Waals surface area contributed by atoms with Crippen LogP contribution in [0.4, 0.5) is 28.4 Å². The van der Waals surface area contributed by atoms with Crippen LogP contribution in [0.2, 0.25) is 18.6 Å². The Kier molecular flexibility index (Phi) is 18.4. The van der Waals surface area contributed by atoms with Gasteiger partial charge in [0, 0.05) is 42.6 Å². The van der Waals surface area contributed by atoms with Crippen LogP contribution in [0, 0.1) is 5.92 Å². The second-order valence-electron chi connectivity index (χ2n) is 23.3. The van der Waals surface area contributed by atoms with Gasteiger partial charge in [0.15, 0.2) is 5.60 Å². The molecule has 5 aromatic rings. The van der Waals surface area contributed by atoms with Gasteiger partial charge >= 0.3 is 0 Å². The molecule has 5 aliphatic heterocycles. The number of rotatable bonds is 24. The summed E-state index contributed by atoms with van der Waals surface area (Å²) in [6.07, 6.45) is 4.35. The summed E-state index contributed by atoms with van der Waals surface area (Å²) in [6.45, 7) is 13.3. The number of anilines is 5. The average Bonchev–Trinajstić information content (AvgIpc) is 1.67. The quantitative estimate of drug-likeness (QED) is 0.0300. The Morgan fingerprint density at radius 1 is 0.711 bits per heavy atom. The highest BCUT2D eigenvalue weighted by Crippen LogP contribution is 2.61. The zero-order valence-corrected chi connectivity index (χ0v) is 49.9. The van der Waals surface area contributed by atoms with Gasteiger partial charge < -0.3 is 54.7 Å². The number of likely N-dealkylation sites (tertiary alicyclic amines) is 1. The normalized spacial score (nSPS) is 23.0. The number of hydrogen-bond donors (Lipinski definition) is 5. The van der Waals surface area contributed by atoms with E-state index in [-0.39, 0.29) is 68.0 Å². The molecule has 0 radical (unpaired) electrons. The summed E-state index contributed by atoms with van der Waals surface area (Å²) in [5.74, 6) is 1.01. The molecule has 0 saturated carbocycles. The van der Waals surface area contributed by atoms with Crippen LogP contribution in [0.25, 0.3) is 0 Å². The first-order valence-electron chi connectivity index (χ1n) is 29.9. The van der Waals surface area contributed by atoms with Gasteiger partial charge in [0.2, 0.25) is 17.7 Å². The fourth-order valence-electron chi connectivity index (χ4n) is 13.8. The largest absolute Gasteiger partial charge is 0.497 e. The van der Waals surface area contributed by atoms with Crippen molar-refractivity contribution in [1.82, 2.24) is 15.5 Å². The summed E-state index contributed by atoms with van der Waals surface area (Å²) >= 11 is 0. The Labute approximate surface area is 488 Å². The molecule has 4 amide bonds. The maximum Gasteiger partial charge on any atom is 0.264 e. The topological polar surface area (TPSA) is 203 Å². The molecule has 18 heteroatoms. The van der Waals surface area contributed by atoms with Crippen molar-refractivity contribution in [3.63, 3.8) is 0 Å². The van der Waals surface area contributed by atoms with Crippen molar-refractivity contribution in [2.45, 2.75) is 134 Å². The van der Waals surface area contributed by atoms with E-state index in [1.54, 1.807) is 26.7 Å². The van der Waals surface area contributed by atoms with Gasteiger partial charge in [-0.15, -0.1) is 0 Å². The molecule has 5 N–H and O–H groups in total. The fourth-order valence-corrected chi connectivity index (χ4v) is 17.8. The third-order valence-electron chi connectivity index (χ3n) is 17.9. The summed E-state index contributed by atoms with van der Waals surface area (Å²) in [6, 6.07) is 31.8. The minimum absolute atomic E-state index is 0.0116. The number of aliphatic hydroxyl groups is 3. The van der Waals surface area contributed by atoms with Crippen molar-refractivity contribution in [1.29, 1.82) is 0 Å². The van der Waals surface area contributed by atoms with E-state index in [2.05, 4.69) is 42.8 Å². The van der Waals surface area contributed by atoms with E-state index in [0.717, 1.165) is 51.9 Å². The third kappa shape index (κ3) is 11.6. The second-order valence-corrected chi connectivity index (χ2v) is 28.0. The lowest BCUT2D eigenvalue weighted by atomic mass is 9.82. The first-order chi connectivity index (χ1) is 40.2. The van der Waals surface area contributed by atoms with Crippen LogP contribution in [0.3, 0.4) is 0 Å². The van der Waals surface area contributed by atoms with Crippen molar-refractivity contribution in [3.8, 4) is 17.2 Å². The molecular formula is C65H82N6O11Si.